The summed E-state index contributed by atoms with van der Waals surface area (Å²) in [5.74, 6) is 0.0961. The molecule has 0 saturated heterocycles. The molecule has 0 fully saturated rings. The fourth-order valence-corrected chi connectivity index (χ4v) is 3.39. The highest BCUT2D eigenvalue weighted by Gasteiger charge is 2.43. The fraction of sp³-hybridized carbons (Fsp3) is 0.231. The van der Waals surface area contributed by atoms with Gasteiger partial charge >= 0.3 is 6.29 Å². The van der Waals surface area contributed by atoms with Crippen LogP contribution in [0.25, 0.3) is 0 Å². The average Bonchev–Trinajstić information content (AvgIpc) is 2.84. The van der Waals surface area contributed by atoms with E-state index in [2.05, 4.69) is 30.7 Å². The van der Waals surface area contributed by atoms with Crippen molar-refractivity contribution in [2.45, 2.75) is 19.8 Å². The van der Waals surface area contributed by atoms with Crippen LogP contribution in [-0.2, 0) is 6.54 Å². The van der Waals surface area contributed by atoms with Crippen LogP contribution >= 0.6 is 27.3 Å². The first-order valence-corrected chi connectivity index (χ1v) is 7.42. The Labute approximate surface area is 126 Å². The van der Waals surface area contributed by atoms with Gasteiger partial charge in [0, 0.05) is 32.5 Å². The van der Waals surface area contributed by atoms with Gasteiger partial charge in [-0.1, -0.05) is 0 Å². The number of anilines is 1. The Hall–Kier alpha value is -1.34. The smallest absolute Gasteiger partial charge is 0.395 e. The molecule has 0 unspecified atom stereocenters. The molecule has 1 aromatic heterocycles. The summed E-state index contributed by atoms with van der Waals surface area (Å²) in [7, 11) is 0. The molecule has 1 aliphatic rings. The lowest BCUT2D eigenvalue weighted by Crippen LogP contribution is -2.25. The molecule has 0 bridgehead atoms. The lowest BCUT2D eigenvalue weighted by atomic mass is 10.2. The van der Waals surface area contributed by atoms with Gasteiger partial charge in [-0.3, -0.25) is 0 Å². The molecule has 1 aromatic carbocycles. The predicted molar refractivity (Wildman–Crippen MR) is 76.7 cm³/mol. The second-order valence-electron chi connectivity index (χ2n) is 4.30. The minimum Gasteiger partial charge on any atom is -0.395 e. The Balaban J connectivity index is 1.70. The summed E-state index contributed by atoms with van der Waals surface area (Å²) < 4.78 is 35.6. The minimum absolute atomic E-state index is 0.0449. The minimum atomic E-state index is -3.57. The molecule has 20 heavy (non-hydrogen) atoms. The Bertz CT molecular complexity index is 640. The van der Waals surface area contributed by atoms with Crippen molar-refractivity contribution in [3.05, 3.63) is 38.5 Å². The zero-order valence-corrected chi connectivity index (χ0v) is 12.8. The maximum absolute atomic E-state index is 12.9. The van der Waals surface area contributed by atoms with Crippen molar-refractivity contribution in [3.63, 3.8) is 0 Å². The van der Waals surface area contributed by atoms with Crippen LogP contribution in [0.4, 0.5) is 14.5 Å². The molecular formula is C13H10BrF2NO2S. The van der Waals surface area contributed by atoms with E-state index in [9.17, 15) is 8.78 Å². The fourth-order valence-electron chi connectivity index (χ4n) is 1.85. The third-order valence-corrected chi connectivity index (χ3v) is 4.91. The van der Waals surface area contributed by atoms with Gasteiger partial charge in [-0.15, -0.1) is 20.1 Å². The third kappa shape index (κ3) is 2.73. The molecule has 0 amide bonds. The van der Waals surface area contributed by atoms with Crippen LogP contribution in [-0.4, -0.2) is 6.29 Å². The van der Waals surface area contributed by atoms with E-state index in [1.54, 1.807) is 17.4 Å². The van der Waals surface area contributed by atoms with Gasteiger partial charge in [0.15, 0.2) is 11.5 Å². The van der Waals surface area contributed by atoms with Crippen LogP contribution in [0, 0.1) is 6.92 Å². The molecule has 2 heterocycles. The highest BCUT2D eigenvalue weighted by atomic mass is 79.9. The van der Waals surface area contributed by atoms with Gasteiger partial charge in [0.25, 0.3) is 0 Å². The number of alkyl halides is 2. The van der Waals surface area contributed by atoms with E-state index in [0.29, 0.717) is 12.2 Å². The largest absolute Gasteiger partial charge is 0.586 e. The molecule has 0 spiro atoms. The van der Waals surface area contributed by atoms with Crippen LogP contribution in [0.3, 0.4) is 0 Å². The van der Waals surface area contributed by atoms with Gasteiger partial charge in [0.05, 0.1) is 0 Å². The first kappa shape index (κ1) is 13.6. The second kappa shape index (κ2) is 4.89. The molecule has 2 aromatic rings. The third-order valence-electron chi connectivity index (χ3n) is 2.78. The number of halogens is 3. The van der Waals surface area contributed by atoms with E-state index < -0.39 is 6.29 Å². The van der Waals surface area contributed by atoms with E-state index in [4.69, 9.17) is 0 Å². The number of nitrogens with one attached hydrogen (secondary N) is 1. The molecule has 0 radical (unpaired) electrons. The summed E-state index contributed by atoms with van der Waals surface area (Å²) in [6.07, 6.45) is -3.57. The summed E-state index contributed by atoms with van der Waals surface area (Å²) in [5, 5.41) is 3.17. The van der Waals surface area contributed by atoms with E-state index >= 15 is 0 Å². The van der Waals surface area contributed by atoms with Crippen molar-refractivity contribution in [1.82, 2.24) is 0 Å². The highest BCUT2D eigenvalue weighted by molar-refractivity contribution is 9.10. The van der Waals surface area contributed by atoms with Crippen LogP contribution < -0.4 is 14.8 Å². The standard InChI is InChI=1S/C13H10BrF2NO2S/c1-7-10(14)5-9(20-7)6-17-8-2-3-11-12(4-8)19-13(15,16)18-11/h2-5,17H,6H2,1H3. The van der Waals surface area contributed by atoms with Gasteiger partial charge in [0.1, 0.15) is 0 Å². The zero-order chi connectivity index (χ0) is 14.3. The van der Waals surface area contributed by atoms with Gasteiger partial charge in [-0.25, -0.2) is 0 Å². The predicted octanol–water partition coefficient (Wildman–Crippen LogP) is 4.75. The maximum atomic E-state index is 12.9. The van der Waals surface area contributed by atoms with Crippen molar-refractivity contribution in [2.75, 3.05) is 5.32 Å². The summed E-state index contributed by atoms with van der Waals surface area (Å²) in [5.41, 5.74) is 0.701. The first-order valence-electron chi connectivity index (χ1n) is 5.81. The monoisotopic (exact) mass is 361 g/mol. The molecule has 1 N–H and O–H groups in total. The normalized spacial score (nSPS) is 15.4. The summed E-state index contributed by atoms with van der Waals surface area (Å²) in [4.78, 5) is 2.35. The quantitative estimate of drug-likeness (QED) is 0.855. The van der Waals surface area contributed by atoms with E-state index in [-0.39, 0.29) is 11.5 Å². The number of benzene rings is 1. The first-order chi connectivity index (χ1) is 9.43. The summed E-state index contributed by atoms with van der Waals surface area (Å²) in [6, 6.07) is 6.69. The van der Waals surface area contributed by atoms with Gasteiger partial charge < -0.3 is 14.8 Å². The van der Waals surface area contributed by atoms with Crippen LogP contribution in [0.1, 0.15) is 9.75 Å². The van der Waals surface area contributed by atoms with E-state index in [1.165, 1.54) is 17.0 Å². The Kier molecular flexibility index (Phi) is 3.33. The van der Waals surface area contributed by atoms with Gasteiger partial charge in [-0.05, 0) is 41.1 Å². The Morgan fingerprint density at radius 1 is 1.25 bits per heavy atom. The van der Waals surface area contributed by atoms with Crippen molar-refractivity contribution >= 4 is 33.0 Å². The second-order valence-corrected chi connectivity index (χ2v) is 6.49. The average molecular weight is 362 g/mol. The molecular weight excluding hydrogens is 352 g/mol. The lowest BCUT2D eigenvalue weighted by Gasteiger charge is -2.05. The Morgan fingerprint density at radius 3 is 2.70 bits per heavy atom. The number of hydrogen-bond acceptors (Lipinski definition) is 4. The van der Waals surface area contributed by atoms with Gasteiger partial charge in [0.2, 0.25) is 0 Å². The van der Waals surface area contributed by atoms with Gasteiger partial charge in [-0.2, -0.15) is 0 Å². The molecule has 3 nitrogen and oxygen atoms in total. The highest BCUT2D eigenvalue weighted by Crippen LogP contribution is 2.42. The van der Waals surface area contributed by atoms with E-state index in [0.717, 1.165) is 9.35 Å². The molecule has 0 saturated carbocycles. The lowest BCUT2D eigenvalue weighted by molar-refractivity contribution is -0.286. The summed E-state index contributed by atoms with van der Waals surface area (Å²) in [6.45, 7) is 2.65. The molecule has 0 aliphatic carbocycles. The maximum Gasteiger partial charge on any atom is 0.586 e. The van der Waals surface area contributed by atoms with E-state index in [1.807, 2.05) is 13.0 Å². The topological polar surface area (TPSA) is 30.5 Å². The number of fused-ring (bicyclic) bond motifs is 1. The van der Waals surface area contributed by atoms with Crippen molar-refractivity contribution in [3.8, 4) is 11.5 Å². The number of rotatable bonds is 3. The van der Waals surface area contributed by atoms with Crippen molar-refractivity contribution in [2.24, 2.45) is 0 Å². The SMILES string of the molecule is Cc1sc(CNc2ccc3c(c2)OC(F)(F)O3)cc1Br. The molecule has 1 aliphatic heterocycles. The molecule has 7 heteroatoms. The zero-order valence-electron chi connectivity index (χ0n) is 10.4. The molecule has 106 valence electrons. The van der Waals surface area contributed by atoms with Crippen LogP contribution in [0.15, 0.2) is 28.7 Å². The van der Waals surface area contributed by atoms with Crippen LogP contribution in [0.2, 0.25) is 0 Å². The number of aryl methyl sites for hydroxylation is 1. The molecule has 0 atom stereocenters. The van der Waals surface area contributed by atoms with Crippen molar-refractivity contribution in [1.29, 1.82) is 0 Å². The van der Waals surface area contributed by atoms with Crippen molar-refractivity contribution < 1.29 is 18.3 Å². The summed E-state index contributed by atoms with van der Waals surface area (Å²) >= 11 is 5.13. The Morgan fingerprint density at radius 2 is 2.00 bits per heavy atom. The van der Waals surface area contributed by atoms with Crippen LogP contribution in [0.5, 0.6) is 11.5 Å². The number of hydrogen-bond donors (Lipinski definition) is 1. The molecule has 3 rings (SSSR count). The number of ether oxygens (including phenoxy) is 2. The number of thiophene rings is 1.